The van der Waals surface area contributed by atoms with Crippen LogP contribution in [0.1, 0.15) is 36.5 Å². The van der Waals surface area contributed by atoms with Crippen LogP contribution < -0.4 is 10.6 Å². The van der Waals surface area contributed by atoms with Crippen LogP contribution >= 0.6 is 11.6 Å². The Morgan fingerprint density at radius 3 is 2.33 bits per heavy atom. The van der Waals surface area contributed by atoms with Crippen LogP contribution in [-0.4, -0.2) is 65.2 Å². The number of hydrogen-bond donors (Lipinski definition) is 5. The molecule has 5 N–H and O–H groups in total. The molecule has 3 unspecified atom stereocenters. The zero-order valence-electron chi connectivity index (χ0n) is 21.0. The first-order chi connectivity index (χ1) is 18.6. The highest BCUT2D eigenvalue weighted by Crippen LogP contribution is 2.80. The van der Waals surface area contributed by atoms with E-state index in [0.717, 1.165) is 6.07 Å². The van der Waals surface area contributed by atoms with Gasteiger partial charge in [-0.15, -0.1) is 0 Å². The van der Waals surface area contributed by atoms with Gasteiger partial charge in [0, 0.05) is 29.9 Å². The molecule has 0 bridgehead atoms. The summed E-state index contributed by atoms with van der Waals surface area (Å²) in [6.07, 6.45) is -1.85. The molecule has 0 saturated heterocycles. The molecule has 0 aliphatic heterocycles. The number of amides is 2. The minimum Gasteiger partial charge on any atom is -0.390 e. The highest BCUT2D eigenvalue weighted by molar-refractivity contribution is 7.92. The maximum Gasteiger partial charge on any atom is 0.255 e. The van der Waals surface area contributed by atoms with E-state index in [1.54, 1.807) is 0 Å². The molecule has 1 spiro atoms. The van der Waals surface area contributed by atoms with Crippen molar-refractivity contribution in [3.63, 3.8) is 0 Å². The molecule has 3 saturated carbocycles. The van der Waals surface area contributed by atoms with E-state index in [9.17, 15) is 46.5 Å². The van der Waals surface area contributed by atoms with E-state index in [2.05, 4.69) is 10.6 Å². The lowest BCUT2D eigenvalue weighted by atomic mass is 9.27. The number of aliphatic hydroxyl groups excluding tert-OH is 2. The number of carbonyl (C=O) groups excluding carboxylic acids is 2. The first-order valence-corrected chi connectivity index (χ1v) is 14.4. The highest BCUT2D eigenvalue weighted by Gasteiger charge is 2.84. The lowest BCUT2D eigenvalue weighted by Crippen LogP contribution is -2.86. The molecule has 9 nitrogen and oxygen atoms in total. The molecule has 3 aliphatic rings. The van der Waals surface area contributed by atoms with Crippen LogP contribution in [0.3, 0.4) is 0 Å². The van der Waals surface area contributed by atoms with Crippen molar-refractivity contribution in [1.82, 2.24) is 5.32 Å². The predicted octanol–water partition coefficient (Wildman–Crippen LogP) is 2.17. The SMILES string of the molecule is C[C@@H](O)[C@H](O)C(=O)NC[C@]1(O)C2CCC23C1C[C@H]3S(=O)(=O)c1cc(C(=O)Nc2cc(F)c(F)c(F)c2)ccc1Cl. The van der Waals surface area contributed by atoms with Gasteiger partial charge in [0.2, 0.25) is 0 Å². The molecule has 7 atom stereocenters. The minimum atomic E-state index is -4.11. The van der Waals surface area contributed by atoms with E-state index in [-0.39, 0.29) is 34.1 Å². The van der Waals surface area contributed by atoms with Crippen molar-refractivity contribution in [3.8, 4) is 0 Å². The maximum atomic E-state index is 13.7. The molecule has 2 aromatic carbocycles. The third kappa shape index (κ3) is 4.13. The highest BCUT2D eigenvalue weighted by atomic mass is 35.5. The third-order valence-corrected chi connectivity index (χ3v) is 11.6. The number of sulfone groups is 1. The monoisotopic (exact) mass is 602 g/mol. The Labute approximate surface area is 232 Å². The van der Waals surface area contributed by atoms with Gasteiger partial charge in [-0.25, -0.2) is 21.6 Å². The maximum absolute atomic E-state index is 13.7. The van der Waals surface area contributed by atoms with Crippen molar-refractivity contribution in [3.05, 3.63) is 58.4 Å². The average Bonchev–Trinajstić information content (AvgIpc) is 2.83. The summed E-state index contributed by atoms with van der Waals surface area (Å²) in [6, 6.07) is 4.66. The summed E-state index contributed by atoms with van der Waals surface area (Å²) >= 11 is 6.23. The molecule has 3 fully saturated rings. The number of carbonyl (C=O) groups is 2. The summed E-state index contributed by atoms with van der Waals surface area (Å²) in [7, 11) is -4.11. The van der Waals surface area contributed by atoms with E-state index < -0.39 is 79.4 Å². The fraction of sp³-hybridized carbons (Fsp3) is 0.462. The molecule has 0 aromatic heterocycles. The normalized spacial score (nSPS) is 29.9. The molecular weight excluding hydrogens is 577 g/mol. The Morgan fingerprint density at radius 2 is 1.77 bits per heavy atom. The van der Waals surface area contributed by atoms with Crippen LogP contribution in [0.5, 0.6) is 0 Å². The molecule has 216 valence electrons. The van der Waals surface area contributed by atoms with E-state index in [4.69, 9.17) is 11.6 Å². The number of aliphatic hydroxyl groups is 3. The number of benzene rings is 2. The fourth-order valence-electron chi connectivity index (χ4n) is 6.73. The van der Waals surface area contributed by atoms with Gasteiger partial charge in [0.05, 0.1) is 26.9 Å². The van der Waals surface area contributed by atoms with Gasteiger partial charge >= 0.3 is 0 Å². The first kappa shape index (κ1) is 28.8. The molecule has 0 radical (unpaired) electrons. The Balaban J connectivity index is 1.33. The third-order valence-electron chi connectivity index (χ3n) is 8.81. The van der Waals surface area contributed by atoms with Crippen LogP contribution in [0.4, 0.5) is 18.9 Å². The Bertz CT molecular complexity index is 1490. The number of halogens is 4. The summed E-state index contributed by atoms with van der Waals surface area (Å²) in [5, 5.41) is 34.0. The second-order valence-corrected chi connectivity index (χ2v) is 13.3. The topological polar surface area (TPSA) is 153 Å². The molecule has 3 aliphatic carbocycles. The summed E-state index contributed by atoms with van der Waals surface area (Å²) < 4.78 is 67.8. The molecule has 0 heterocycles. The second-order valence-electron chi connectivity index (χ2n) is 10.8. The first-order valence-electron chi connectivity index (χ1n) is 12.5. The van der Waals surface area contributed by atoms with Gasteiger partial charge in [-0.3, -0.25) is 9.59 Å². The molecule has 5 rings (SSSR count). The second kappa shape index (κ2) is 9.69. The van der Waals surface area contributed by atoms with E-state index in [0.29, 0.717) is 25.0 Å². The lowest BCUT2D eigenvalue weighted by molar-refractivity contribution is -0.346. The van der Waals surface area contributed by atoms with Crippen LogP contribution in [0.25, 0.3) is 0 Å². The summed E-state index contributed by atoms with van der Waals surface area (Å²) in [5.41, 5.74) is -2.65. The smallest absolute Gasteiger partial charge is 0.255 e. The van der Waals surface area contributed by atoms with Gasteiger partial charge in [-0.2, -0.15) is 0 Å². The van der Waals surface area contributed by atoms with Crippen LogP contribution in [-0.2, 0) is 14.6 Å². The van der Waals surface area contributed by atoms with E-state index >= 15 is 0 Å². The quantitative estimate of drug-likeness (QED) is 0.290. The Morgan fingerprint density at radius 1 is 1.12 bits per heavy atom. The number of rotatable bonds is 8. The van der Waals surface area contributed by atoms with Crippen molar-refractivity contribution in [2.45, 2.75) is 54.1 Å². The predicted molar refractivity (Wildman–Crippen MR) is 136 cm³/mol. The molecule has 40 heavy (non-hydrogen) atoms. The molecular formula is C26H26ClF3N2O7S. The lowest BCUT2D eigenvalue weighted by Gasteiger charge is -2.81. The van der Waals surface area contributed by atoms with E-state index in [1.165, 1.54) is 19.1 Å². The standard InChI is InChI=1S/C26H26ClF3N2O7S/c1-11(33)22(34)24(36)31-10-26(37)18-4-5-25(18)19(26)9-20(25)40(38,39)17-6-12(2-3-14(17)27)23(35)32-13-7-15(28)21(30)16(29)8-13/h2-3,6-8,11,18-20,22,33-34,37H,4-5,9-10H2,1H3,(H,31,36)(H,32,35)/t11-,18?,19?,20-,22+,25?,26+/m1/s1. The summed E-state index contributed by atoms with van der Waals surface area (Å²) in [6.45, 7) is 1.03. The fourth-order valence-corrected chi connectivity index (χ4v) is 9.58. The van der Waals surface area contributed by atoms with Crippen molar-refractivity contribution in [2.75, 3.05) is 11.9 Å². The zero-order valence-corrected chi connectivity index (χ0v) is 22.6. The minimum absolute atomic E-state index is 0.0745. The van der Waals surface area contributed by atoms with Crippen LogP contribution in [0, 0.1) is 34.7 Å². The van der Waals surface area contributed by atoms with Crippen molar-refractivity contribution >= 4 is 38.9 Å². The van der Waals surface area contributed by atoms with Gasteiger partial charge in [0.15, 0.2) is 33.4 Å². The van der Waals surface area contributed by atoms with E-state index in [1.807, 2.05) is 0 Å². The summed E-state index contributed by atoms with van der Waals surface area (Å²) in [4.78, 5) is 24.5. The van der Waals surface area contributed by atoms with Crippen LogP contribution in [0.15, 0.2) is 35.2 Å². The largest absolute Gasteiger partial charge is 0.390 e. The molecule has 2 amide bonds. The van der Waals surface area contributed by atoms with Gasteiger partial charge in [0.25, 0.3) is 11.8 Å². The van der Waals surface area contributed by atoms with Gasteiger partial charge in [0.1, 0.15) is 0 Å². The van der Waals surface area contributed by atoms with Gasteiger partial charge < -0.3 is 26.0 Å². The van der Waals surface area contributed by atoms with Crippen molar-refractivity contribution in [1.29, 1.82) is 0 Å². The Kier molecular flexibility index (Phi) is 6.98. The van der Waals surface area contributed by atoms with Crippen LogP contribution in [0.2, 0.25) is 5.02 Å². The average molecular weight is 603 g/mol. The molecule has 2 aromatic rings. The summed E-state index contributed by atoms with van der Waals surface area (Å²) in [5.74, 6) is -7.35. The number of nitrogens with one attached hydrogen (secondary N) is 2. The molecule has 14 heteroatoms. The van der Waals surface area contributed by atoms with Gasteiger partial charge in [-0.1, -0.05) is 11.6 Å². The number of hydrogen-bond acceptors (Lipinski definition) is 7. The zero-order chi connectivity index (χ0) is 29.4. The van der Waals surface area contributed by atoms with Crippen molar-refractivity contribution < 1.29 is 46.5 Å². The Hall–Kier alpha value is -2.71. The number of anilines is 1. The van der Waals surface area contributed by atoms with Crippen molar-refractivity contribution in [2.24, 2.45) is 17.3 Å². The van der Waals surface area contributed by atoms with Gasteiger partial charge in [-0.05, 0) is 61.6 Å².